The third-order valence-electron chi connectivity index (χ3n) is 7.19. The first-order valence-electron chi connectivity index (χ1n) is 16.4. The molecule has 4 aliphatic rings. The van der Waals surface area contributed by atoms with Gasteiger partial charge in [-0.1, -0.05) is 38.5 Å². The molecule has 0 aromatic heterocycles. The van der Waals surface area contributed by atoms with Gasteiger partial charge in [-0.05, 0) is 134 Å². The average molecular weight is 537 g/mol. The van der Waals surface area contributed by atoms with Crippen molar-refractivity contribution in [2.45, 2.75) is 219 Å². The SMILES string of the molecule is CC(C)(C)NC1CC1.CC(C)(C)NC1CCC1.CC(C)(C)NC1CCCC1.CC(C)(C)NC1CCCCC1. The molecule has 4 nitrogen and oxygen atoms in total. The van der Waals surface area contributed by atoms with Crippen LogP contribution in [0, 0.1) is 0 Å². The van der Waals surface area contributed by atoms with Crippen LogP contribution in [0.5, 0.6) is 0 Å². The summed E-state index contributed by atoms with van der Waals surface area (Å²) in [6.07, 6.45) is 19.7. The van der Waals surface area contributed by atoms with Gasteiger partial charge in [-0.25, -0.2) is 0 Å². The molecule has 38 heavy (non-hydrogen) atoms. The lowest BCUT2D eigenvalue weighted by Gasteiger charge is -2.34. The van der Waals surface area contributed by atoms with Crippen LogP contribution >= 0.6 is 0 Å². The Balaban J connectivity index is 0.000000255. The molecule has 0 spiro atoms. The summed E-state index contributed by atoms with van der Waals surface area (Å²) in [6, 6.07) is 3.27. The van der Waals surface area contributed by atoms with E-state index in [9.17, 15) is 0 Å². The summed E-state index contributed by atoms with van der Waals surface area (Å²) in [7, 11) is 0. The van der Waals surface area contributed by atoms with Gasteiger partial charge in [0.2, 0.25) is 0 Å². The zero-order chi connectivity index (χ0) is 29.0. The first-order chi connectivity index (χ1) is 17.3. The Morgan fingerprint density at radius 3 is 0.684 bits per heavy atom. The van der Waals surface area contributed by atoms with Gasteiger partial charge in [0.15, 0.2) is 0 Å². The maximum atomic E-state index is 3.66. The molecule has 4 heteroatoms. The minimum absolute atomic E-state index is 0.308. The molecule has 0 saturated heterocycles. The van der Waals surface area contributed by atoms with Gasteiger partial charge >= 0.3 is 0 Å². The summed E-state index contributed by atoms with van der Waals surface area (Å²) < 4.78 is 0. The number of nitrogens with one attached hydrogen (secondary N) is 4. The van der Waals surface area contributed by atoms with Crippen LogP contribution in [-0.2, 0) is 0 Å². The van der Waals surface area contributed by atoms with Crippen LogP contribution < -0.4 is 21.3 Å². The molecule has 0 unspecified atom stereocenters. The Kier molecular flexibility index (Phi) is 15.4. The van der Waals surface area contributed by atoms with Gasteiger partial charge in [-0.3, -0.25) is 0 Å². The van der Waals surface area contributed by atoms with E-state index in [1.54, 1.807) is 0 Å². The molecule has 0 radical (unpaired) electrons. The molecule has 4 N–H and O–H groups in total. The molecule has 0 heterocycles. The second-order valence-corrected chi connectivity index (χ2v) is 16.8. The van der Waals surface area contributed by atoms with Crippen molar-refractivity contribution >= 4 is 0 Å². The Hall–Kier alpha value is -0.160. The summed E-state index contributed by atoms with van der Waals surface area (Å²) in [5, 5.41) is 14.3. The molecule has 4 rings (SSSR count). The van der Waals surface area contributed by atoms with Gasteiger partial charge in [0, 0.05) is 46.3 Å². The smallest absolute Gasteiger partial charge is 0.00990 e. The monoisotopic (exact) mass is 537 g/mol. The van der Waals surface area contributed by atoms with E-state index in [2.05, 4.69) is 104 Å². The molecule has 0 aromatic carbocycles. The molecule has 228 valence electrons. The molecule has 4 saturated carbocycles. The lowest BCUT2D eigenvalue weighted by Crippen LogP contribution is -2.46. The van der Waals surface area contributed by atoms with Gasteiger partial charge < -0.3 is 21.3 Å². The van der Waals surface area contributed by atoms with E-state index in [-0.39, 0.29) is 0 Å². The van der Waals surface area contributed by atoms with Crippen molar-refractivity contribution in [3.05, 3.63) is 0 Å². The maximum Gasteiger partial charge on any atom is 0.00990 e. The highest BCUT2D eigenvalue weighted by Gasteiger charge is 2.25. The van der Waals surface area contributed by atoms with Crippen LogP contribution in [0.3, 0.4) is 0 Å². The van der Waals surface area contributed by atoms with E-state index in [1.807, 2.05) is 0 Å². The molecule has 0 aromatic rings. The largest absolute Gasteiger partial charge is 0.309 e. The van der Waals surface area contributed by atoms with E-state index < -0.39 is 0 Å². The third-order valence-corrected chi connectivity index (χ3v) is 7.19. The van der Waals surface area contributed by atoms with Crippen molar-refractivity contribution in [1.29, 1.82) is 0 Å². The summed E-state index contributed by atoms with van der Waals surface area (Å²) >= 11 is 0. The van der Waals surface area contributed by atoms with Gasteiger partial charge in [-0.15, -0.1) is 0 Å². The molecular weight excluding hydrogens is 464 g/mol. The van der Waals surface area contributed by atoms with E-state index in [0.29, 0.717) is 22.2 Å². The summed E-state index contributed by atoms with van der Waals surface area (Å²) in [5.41, 5.74) is 1.28. The number of hydrogen-bond donors (Lipinski definition) is 4. The predicted octanol–water partition coefficient (Wildman–Crippen LogP) is 8.49. The normalized spacial score (nSPS) is 21.8. The van der Waals surface area contributed by atoms with Gasteiger partial charge in [0.05, 0.1) is 0 Å². The number of hydrogen-bond acceptors (Lipinski definition) is 4. The summed E-state index contributed by atoms with van der Waals surface area (Å²) in [4.78, 5) is 0. The molecule has 4 fully saturated rings. The zero-order valence-corrected chi connectivity index (χ0v) is 28.2. The Morgan fingerprint density at radius 2 is 0.500 bits per heavy atom. The molecule has 4 aliphatic carbocycles. The maximum absolute atomic E-state index is 3.66. The molecule has 0 aliphatic heterocycles. The van der Waals surface area contributed by atoms with Crippen LogP contribution in [0.15, 0.2) is 0 Å². The third kappa shape index (κ3) is 22.6. The molecule has 0 atom stereocenters. The first kappa shape index (κ1) is 35.9. The average Bonchev–Trinajstić information content (AvgIpc) is 3.34. The Labute approximate surface area is 240 Å². The zero-order valence-electron chi connectivity index (χ0n) is 28.2. The quantitative estimate of drug-likeness (QED) is 0.291. The van der Waals surface area contributed by atoms with Crippen LogP contribution in [-0.4, -0.2) is 46.3 Å². The van der Waals surface area contributed by atoms with Crippen molar-refractivity contribution in [3.63, 3.8) is 0 Å². The predicted molar refractivity (Wildman–Crippen MR) is 171 cm³/mol. The van der Waals surface area contributed by atoms with Crippen LogP contribution in [0.4, 0.5) is 0 Å². The fourth-order valence-electron chi connectivity index (χ4n) is 5.55. The second kappa shape index (κ2) is 16.3. The Morgan fingerprint density at radius 1 is 0.289 bits per heavy atom. The fourth-order valence-corrected chi connectivity index (χ4v) is 5.55. The highest BCUT2D eigenvalue weighted by molar-refractivity contribution is 4.87. The minimum atomic E-state index is 0.308. The lowest BCUT2D eigenvalue weighted by molar-refractivity contribution is 0.266. The van der Waals surface area contributed by atoms with Crippen LogP contribution in [0.2, 0.25) is 0 Å². The summed E-state index contributed by atoms with van der Waals surface area (Å²) in [6.45, 7) is 26.8. The molecular formula is C34H72N4. The van der Waals surface area contributed by atoms with E-state index in [4.69, 9.17) is 0 Å². The first-order valence-corrected chi connectivity index (χ1v) is 16.4. The highest BCUT2D eigenvalue weighted by atomic mass is 15.0. The second-order valence-electron chi connectivity index (χ2n) is 16.8. The van der Waals surface area contributed by atoms with E-state index in [1.165, 1.54) is 89.9 Å². The van der Waals surface area contributed by atoms with Crippen molar-refractivity contribution in [2.24, 2.45) is 0 Å². The van der Waals surface area contributed by atoms with Crippen molar-refractivity contribution < 1.29 is 0 Å². The van der Waals surface area contributed by atoms with E-state index >= 15 is 0 Å². The van der Waals surface area contributed by atoms with Crippen molar-refractivity contribution in [3.8, 4) is 0 Å². The molecule has 0 bridgehead atoms. The fraction of sp³-hybridized carbons (Fsp3) is 1.00. The summed E-state index contributed by atoms with van der Waals surface area (Å²) in [5.74, 6) is 0. The van der Waals surface area contributed by atoms with Gasteiger partial charge in [0.25, 0.3) is 0 Å². The Bertz CT molecular complexity index is 582. The lowest BCUT2D eigenvalue weighted by atomic mass is 9.91. The van der Waals surface area contributed by atoms with Gasteiger partial charge in [0.1, 0.15) is 0 Å². The van der Waals surface area contributed by atoms with Crippen molar-refractivity contribution in [1.82, 2.24) is 21.3 Å². The van der Waals surface area contributed by atoms with Gasteiger partial charge in [-0.2, -0.15) is 0 Å². The van der Waals surface area contributed by atoms with E-state index in [0.717, 1.165) is 24.2 Å². The molecule has 0 amide bonds. The standard InChI is InChI=1S/C10H21N.C9H19N.C8H17N.C7H15N/c1-10(2,3)11-9-7-5-4-6-8-9;1-9(2,3)10-8-6-4-5-7-8;1-8(2,3)9-7-5-4-6-7;1-7(2,3)8-6-4-5-6/h9,11H,4-8H2,1-3H3;8,10H,4-7H2,1-3H3;7,9H,4-6H2,1-3H3;6,8H,4-5H2,1-3H3. The number of rotatable bonds is 4. The van der Waals surface area contributed by atoms with Crippen molar-refractivity contribution in [2.75, 3.05) is 0 Å². The topological polar surface area (TPSA) is 48.1 Å². The van der Waals surface area contributed by atoms with Crippen LogP contribution in [0.1, 0.15) is 173 Å². The highest BCUT2D eigenvalue weighted by Crippen LogP contribution is 2.22. The minimum Gasteiger partial charge on any atom is -0.309 e. The van der Waals surface area contributed by atoms with Crippen LogP contribution in [0.25, 0.3) is 0 Å².